The second-order valence-electron chi connectivity index (χ2n) is 5.34. The van der Waals surface area contributed by atoms with Crippen LogP contribution in [0.4, 0.5) is 5.69 Å². The van der Waals surface area contributed by atoms with E-state index in [0.29, 0.717) is 0 Å². The van der Waals surface area contributed by atoms with Crippen molar-refractivity contribution in [1.29, 1.82) is 5.26 Å². The van der Waals surface area contributed by atoms with Gasteiger partial charge in [0.25, 0.3) is 0 Å². The fraction of sp³-hybridized carbons (Fsp3) is 0.211. The molecule has 0 aliphatic heterocycles. The van der Waals surface area contributed by atoms with E-state index in [-0.39, 0.29) is 0 Å². The van der Waals surface area contributed by atoms with Gasteiger partial charge in [-0.15, -0.1) is 0 Å². The van der Waals surface area contributed by atoms with Gasteiger partial charge in [0, 0.05) is 17.0 Å². The molecular formula is C19H18N2O. The highest BCUT2D eigenvalue weighted by molar-refractivity contribution is 5.53. The molecular weight excluding hydrogens is 272 g/mol. The van der Waals surface area contributed by atoms with Crippen LogP contribution in [0.25, 0.3) is 0 Å². The van der Waals surface area contributed by atoms with E-state index in [4.69, 9.17) is 4.74 Å². The Morgan fingerprint density at radius 3 is 2.27 bits per heavy atom. The van der Waals surface area contributed by atoms with E-state index in [1.54, 1.807) is 0 Å². The third-order valence-corrected chi connectivity index (χ3v) is 3.73. The van der Waals surface area contributed by atoms with Crippen LogP contribution in [0.1, 0.15) is 25.7 Å². The maximum atomic E-state index is 9.18. The predicted molar refractivity (Wildman–Crippen MR) is 87.7 cm³/mol. The minimum atomic E-state index is 0.801. The lowest BCUT2D eigenvalue weighted by molar-refractivity contribution is 0.483. The molecule has 1 aliphatic carbocycles. The van der Waals surface area contributed by atoms with E-state index in [1.807, 2.05) is 54.6 Å². The Morgan fingerprint density at radius 1 is 0.864 bits per heavy atom. The molecule has 1 aliphatic rings. The Morgan fingerprint density at radius 2 is 1.55 bits per heavy atom. The first-order chi connectivity index (χ1) is 10.8. The SMILES string of the molecule is N#CC1=C(Nc2ccc(Oc3ccccc3)cc2)CCCC1. The van der Waals surface area contributed by atoms with Crippen LogP contribution < -0.4 is 10.1 Å². The van der Waals surface area contributed by atoms with Gasteiger partial charge >= 0.3 is 0 Å². The van der Waals surface area contributed by atoms with Gasteiger partial charge < -0.3 is 10.1 Å². The fourth-order valence-corrected chi connectivity index (χ4v) is 2.57. The zero-order valence-electron chi connectivity index (χ0n) is 12.4. The number of rotatable bonds is 4. The highest BCUT2D eigenvalue weighted by Gasteiger charge is 2.12. The Labute approximate surface area is 130 Å². The molecule has 0 atom stereocenters. The van der Waals surface area contributed by atoms with E-state index >= 15 is 0 Å². The normalized spacial score (nSPS) is 14.3. The molecule has 0 saturated carbocycles. The quantitative estimate of drug-likeness (QED) is 0.837. The summed E-state index contributed by atoms with van der Waals surface area (Å²) in [5.41, 5.74) is 2.94. The Balaban J connectivity index is 1.69. The van der Waals surface area contributed by atoms with E-state index in [1.165, 1.54) is 0 Å². The van der Waals surface area contributed by atoms with Crippen LogP contribution in [0.2, 0.25) is 0 Å². The van der Waals surface area contributed by atoms with Gasteiger partial charge in [-0.05, 0) is 62.1 Å². The standard InChI is InChI=1S/C19H18N2O/c20-14-15-6-4-5-9-19(15)21-16-10-12-18(13-11-16)22-17-7-2-1-3-8-17/h1-3,7-8,10-13,21H,4-6,9H2. The van der Waals surface area contributed by atoms with Crippen molar-refractivity contribution in [2.24, 2.45) is 0 Å². The van der Waals surface area contributed by atoms with Crippen LogP contribution in [0.3, 0.4) is 0 Å². The van der Waals surface area contributed by atoms with Gasteiger partial charge in [-0.25, -0.2) is 0 Å². The first-order valence-electron chi connectivity index (χ1n) is 7.57. The van der Waals surface area contributed by atoms with Crippen molar-refractivity contribution in [2.45, 2.75) is 25.7 Å². The van der Waals surface area contributed by atoms with Gasteiger partial charge in [-0.1, -0.05) is 18.2 Å². The summed E-state index contributed by atoms with van der Waals surface area (Å²) in [4.78, 5) is 0. The van der Waals surface area contributed by atoms with E-state index in [0.717, 1.165) is 54.1 Å². The Hall–Kier alpha value is -2.73. The lowest BCUT2D eigenvalue weighted by Crippen LogP contribution is -2.07. The molecule has 0 fully saturated rings. The highest BCUT2D eigenvalue weighted by Crippen LogP contribution is 2.27. The summed E-state index contributed by atoms with van der Waals surface area (Å²) in [6, 6.07) is 19.9. The molecule has 3 nitrogen and oxygen atoms in total. The largest absolute Gasteiger partial charge is 0.457 e. The van der Waals surface area contributed by atoms with Crippen LogP contribution >= 0.6 is 0 Å². The minimum absolute atomic E-state index is 0.801. The molecule has 0 bridgehead atoms. The van der Waals surface area contributed by atoms with E-state index in [9.17, 15) is 5.26 Å². The summed E-state index contributed by atoms with van der Waals surface area (Å²) < 4.78 is 5.77. The van der Waals surface area contributed by atoms with E-state index in [2.05, 4.69) is 11.4 Å². The molecule has 0 heterocycles. The molecule has 0 spiro atoms. The zero-order valence-corrected chi connectivity index (χ0v) is 12.4. The second-order valence-corrected chi connectivity index (χ2v) is 5.34. The van der Waals surface area contributed by atoms with Crippen molar-refractivity contribution < 1.29 is 4.74 Å². The Bertz CT molecular complexity index is 696. The average molecular weight is 290 g/mol. The number of ether oxygens (including phenoxy) is 1. The topological polar surface area (TPSA) is 45.0 Å². The molecule has 22 heavy (non-hydrogen) atoms. The molecule has 0 unspecified atom stereocenters. The lowest BCUT2D eigenvalue weighted by Gasteiger charge is -2.18. The molecule has 3 rings (SSSR count). The number of nitrogens with one attached hydrogen (secondary N) is 1. The van der Waals surface area contributed by atoms with Crippen molar-refractivity contribution in [1.82, 2.24) is 0 Å². The number of benzene rings is 2. The number of para-hydroxylation sites is 1. The summed E-state index contributed by atoms with van der Waals surface area (Å²) in [6.07, 6.45) is 4.08. The van der Waals surface area contributed by atoms with E-state index < -0.39 is 0 Å². The maximum absolute atomic E-state index is 9.18. The van der Waals surface area contributed by atoms with Gasteiger partial charge in [0.15, 0.2) is 0 Å². The molecule has 2 aromatic rings. The van der Waals surface area contributed by atoms with Gasteiger partial charge in [0.05, 0.1) is 6.07 Å². The Kier molecular flexibility index (Phi) is 4.41. The van der Waals surface area contributed by atoms with Gasteiger partial charge in [-0.2, -0.15) is 5.26 Å². The predicted octanol–water partition coefficient (Wildman–Crippen LogP) is 5.24. The average Bonchev–Trinajstić information content (AvgIpc) is 2.58. The number of allylic oxidation sites excluding steroid dienone is 2. The summed E-state index contributed by atoms with van der Waals surface area (Å²) in [6.45, 7) is 0. The van der Waals surface area contributed by atoms with Gasteiger partial charge in [0.2, 0.25) is 0 Å². The molecule has 110 valence electrons. The first kappa shape index (κ1) is 14.2. The van der Waals surface area contributed by atoms with Crippen LogP contribution in [0.15, 0.2) is 65.9 Å². The van der Waals surface area contributed by atoms with Crippen molar-refractivity contribution in [3.63, 3.8) is 0 Å². The first-order valence-corrected chi connectivity index (χ1v) is 7.57. The molecule has 0 aromatic heterocycles. The van der Waals surface area contributed by atoms with Crippen LogP contribution in [-0.4, -0.2) is 0 Å². The molecule has 3 heteroatoms. The number of hydrogen-bond acceptors (Lipinski definition) is 3. The third-order valence-electron chi connectivity index (χ3n) is 3.73. The van der Waals surface area contributed by atoms with Crippen LogP contribution in [0.5, 0.6) is 11.5 Å². The number of nitrogens with zero attached hydrogens (tertiary/aromatic N) is 1. The molecule has 0 radical (unpaired) electrons. The highest BCUT2D eigenvalue weighted by atomic mass is 16.5. The molecule has 0 saturated heterocycles. The molecule has 0 amide bonds. The van der Waals surface area contributed by atoms with Crippen LogP contribution in [-0.2, 0) is 0 Å². The van der Waals surface area contributed by atoms with Crippen molar-refractivity contribution in [3.05, 3.63) is 65.9 Å². The lowest BCUT2D eigenvalue weighted by atomic mass is 9.97. The smallest absolute Gasteiger partial charge is 0.127 e. The molecule has 2 aromatic carbocycles. The van der Waals surface area contributed by atoms with Crippen molar-refractivity contribution in [2.75, 3.05) is 5.32 Å². The van der Waals surface area contributed by atoms with Crippen molar-refractivity contribution >= 4 is 5.69 Å². The minimum Gasteiger partial charge on any atom is -0.457 e. The number of anilines is 1. The summed E-state index contributed by atoms with van der Waals surface area (Å²) in [5, 5.41) is 12.6. The van der Waals surface area contributed by atoms with Crippen molar-refractivity contribution in [3.8, 4) is 17.6 Å². The number of nitriles is 1. The maximum Gasteiger partial charge on any atom is 0.127 e. The second kappa shape index (κ2) is 6.82. The third kappa shape index (κ3) is 3.48. The summed E-state index contributed by atoms with van der Waals surface area (Å²) >= 11 is 0. The fourth-order valence-electron chi connectivity index (χ4n) is 2.57. The summed E-state index contributed by atoms with van der Waals surface area (Å²) in [5.74, 6) is 1.62. The number of hydrogen-bond donors (Lipinski definition) is 1. The summed E-state index contributed by atoms with van der Waals surface area (Å²) in [7, 11) is 0. The monoisotopic (exact) mass is 290 g/mol. The van der Waals surface area contributed by atoms with Crippen LogP contribution in [0, 0.1) is 11.3 Å². The zero-order chi connectivity index (χ0) is 15.2. The van der Waals surface area contributed by atoms with Gasteiger partial charge in [0.1, 0.15) is 11.5 Å². The van der Waals surface area contributed by atoms with Gasteiger partial charge in [-0.3, -0.25) is 0 Å². The molecule has 1 N–H and O–H groups in total.